The summed E-state index contributed by atoms with van der Waals surface area (Å²) in [6.45, 7) is 3.49. The molecule has 1 aromatic rings. The average Bonchev–Trinajstić information content (AvgIpc) is 2.85. The standard InChI is InChI=1S/C16H25N3/c1-18(2)12-15-6-4-10-19(15)14-8-7-13-5-3-9-17-16(13)11-14/h7-8,11,15,17H,3-6,9-10,12H2,1-2H3. The third kappa shape index (κ3) is 2.71. The molecule has 0 bridgehead atoms. The molecular weight excluding hydrogens is 234 g/mol. The van der Waals surface area contributed by atoms with Crippen molar-refractivity contribution >= 4 is 11.4 Å². The Labute approximate surface area is 116 Å². The van der Waals surface area contributed by atoms with Crippen molar-refractivity contribution in [2.24, 2.45) is 0 Å². The number of likely N-dealkylation sites (N-methyl/N-ethyl adjacent to an activating group) is 1. The Balaban J connectivity index is 1.81. The molecule has 0 amide bonds. The monoisotopic (exact) mass is 259 g/mol. The summed E-state index contributed by atoms with van der Waals surface area (Å²) in [6, 6.07) is 7.68. The van der Waals surface area contributed by atoms with Crippen LogP contribution in [0.5, 0.6) is 0 Å². The van der Waals surface area contributed by atoms with Crippen LogP contribution in [0.15, 0.2) is 18.2 Å². The van der Waals surface area contributed by atoms with Gasteiger partial charge in [-0.05, 0) is 57.5 Å². The van der Waals surface area contributed by atoms with Gasteiger partial charge in [-0.3, -0.25) is 0 Å². The van der Waals surface area contributed by atoms with Crippen molar-refractivity contribution in [2.45, 2.75) is 31.7 Å². The minimum Gasteiger partial charge on any atom is -0.385 e. The second kappa shape index (κ2) is 5.41. The van der Waals surface area contributed by atoms with Crippen molar-refractivity contribution in [3.05, 3.63) is 23.8 Å². The van der Waals surface area contributed by atoms with Crippen LogP contribution in [0.4, 0.5) is 11.4 Å². The topological polar surface area (TPSA) is 18.5 Å². The number of nitrogens with zero attached hydrogens (tertiary/aromatic N) is 2. The van der Waals surface area contributed by atoms with Gasteiger partial charge in [0, 0.05) is 37.1 Å². The molecule has 2 heterocycles. The molecule has 3 rings (SSSR count). The fourth-order valence-corrected chi connectivity index (χ4v) is 3.41. The number of hydrogen-bond acceptors (Lipinski definition) is 3. The highest BCUT2D eigenvalue weighted by Crippen LogP contribution is 2.31. The van der Waals surface area contributed by atoms with Crippen molar-refractivity contribution in [3.63, 3.8) is 0 Å². The van der Waals surface area contributed by atoms with Gasteiger partial charge < -0.3 is 15.1 Å². The number of fused-ring (bicyclic) bond motifs is 1. The molecule has 0 aromatic heterocycles. The molecule has 104 valence electrons. The van der Waals surface area contributed by atoms with Gasteiger partial charge >= 0.3 is 0 Å². The first-order valence-corrected chi connectivity index (χ1v) is 7.52. The Morgan fingerprint density at radius 2 is 2.21 bits per heavy atom. The predicted octanol–water partition coefficient (Wildman–Crippen LogP) is 2.58. The van der Waals surface area contributed by atoms with E-state index in [9.17, 15) is 0 Å². The highest BCUT2D eigenvalue weighted by atomic mass is 15.2. The van der Waals surface area contributed by atoms with E-state index in [1.165, 1.54) is 49.2 Å². The molecule has 2 aliphatic heterocycles. The summed E-state index contributed by atoms with van der Waals surface area (Å²) in [5.74, 6) is 0. The number of aryl methyl sites for hydroxylation is 1. The van der Waals surface area contributed by atoms with E-state index in [0.717, 1.165) is 13.1 Å². The molecule has 3 nitrogen and oxygen atoms in total. The molecule has 19 heavy (non-hydrogen) atoms. The van der Waals surface area contributed by atoms with Gasteiger partial charge in [0.1, 0.15) is 0 Å². The third-order valence-electron chi connectivity index (χ3n) is 4.32. The molecule has 1 unspecified atom stereocenters. The maximum Gasteiger partial charge on any atom is 0.0417 e. The Hall–Kier alpha value is -1.22. The molecule has 1 saturated heterocycles. The summed E-state index contributed by atoms with van der Waals surface area (Å²) in [4.78, 5) is 4.90. The lowest BCUT2D eigenvalue weighted by molar-refractivity contribution is 0.372. The Morgan fingerprint density at radius 3 is 3.05 bits per heavy atom. The van der Waals surface area contributed by atoms with Gasteiger partial charge in [0.15, 0.2) is 0 Å². The number of benzene rings is 1. The van der Waals surface area contributed by atoms with Crippen LogP contribution in [0.3, 0.4) is 0 Å². The SMILES string of the molecule is CN(C)CC1CCCN1c1ccc2c(c1)NCCC2. The van der Waals surface area contributed by atoms with Crippen molar-refractivity contribution in [3.8, 4) is 0 Å². The summed E-state index contributed by atoms with van der Waals surface area (Å²) in [7, 11) is 4.34. The lowest BCUT2D eigenvalue weighted by Gasteiger charge is -2.30. The zero-order valence-electron chi connectivity index (χ0n) is 12.2. The van der Waals surface area contributed by atoms with E-state index in [1.807, 2.05) is 0 Å². The minimum atomic E-state index is 0.677. The molecule has 0 aliphatic carbocycles. The van der Waals surface area contributed by atoms with Crippen LogP contribution in [0.25, 0.3) is 0 Å². The highest BCUT2D eigenvalue weighted by Gasteiger charge is 2.25. The van der Waals surface area contributed by atoms with E-state index >= 15 is 0 Å². The Kier molecular flexibility index (Phi) is 3.65. The molecule has 2 aliphatic rings. The summed E-state index contributed by atoms with van der Waals surface area (Å²) in [6.07, 6.45) is 5.13. The number of hydrogen-bond donors (Lipinski definition) is 1. The zero-order chi connectivity index (χ0) is 13.2. The maximum absolute atomic E-state index is 3.54. The molecule has 3 heteroatoms. The van der Waals surface area contributed by atoms with Crippen LogP contribution in [-0.2, 0) is 6.42 Å². The molecular formula is C16H25N3. The highest BCUT2D eigenvalue weighted by molar-refractivity contribution is 5.64. The van der Waals surface area contributed by atoms with Crippen LogP contribution in [0.2, 0.25) is 0 Å². The fraction of sp³-hybridized carbons (Fsp3) is 0.625. The van der Waals surface area contributed by atoms with E-state index in [0.29, 0.717) is 6.04 Å². The fourth-order valence-electron chi connectivity index (χ4n) is 3.41. The second-order valence-electron chi connectivity index (χ2n) is 6.12. The van der Waals surface area contributed by atoms with Gasteiger partial charge in [0.2, 0.25) is 0 Å². The smallest absolute Gasteiger partial charge is 0.0417 e. The van der Waals surface area contributed by atoms with Gasteiger partial charge in [-0.15, -0.1) is 0 Å². The predicted molar refractivity (Wildman–Crippen MR) is 82.2 cm³/mol. The van der Waals surface area contributed by atoms with E-state index < -0.39 is 0 Å². The first-order chi connectivity index (χ1) is 9.24. The molecule has 1 atom stereocenters. The number of rotatable bonds is 3. The summed E-state index contributed by atoms with van der Waals surface area (Å²) in [5, 5.41) is 3.54. The summed E-state index contributed by atoms with van der Waals surface area (Å²) in [5.41, 5.74) is 4.25. The van der Waals surface area contributed by atoms with Gasteiger partial charge in [-0.2, -0.15) is 0 Å². The lowest BCUT2D eigenvalue weighted by Crippen LogP contribution is -2.37. The van der Waals surface area contributed by atoms with Crippen LogP contribution in [0.1, 0.15) is 24.8 Å². The normalized spacial score (nSPS) is 22.5. The van der Waals surface area contributed by atoms with Crippen LogP contribution in [0, 0.1) is 0 Å². The first-order valence-electron chi connectivity index (χ1n) is 7.52. The summed E-state index contributed by atoms with van der Waals surface area (Å²) >= 11 is 0. The molecule has 1 fully saturated rings. The molecule has 0 saturated carbocycles. The van der Waals surface area contributed by atoms with Crippen molar-refractivity contribution in [1.82, 2.24) is 4.90 Å². The summed E-state index contributed by atoms with van der Waals surface area (Å²) < 4.78 is 0. The van der Waals surface area contributed by atoms with Crippen LogP contribution >= 0.6 is 0 Å². The molecule has 1 N–H and O–H groups in total. The zero-order valence-corrected chi connectivity index (χ0v) is 12.2. The van der Waals surface area contributed by atoms with E-state index in [2.05, 4.69) is 47.4 Å². The minimum absolute atomic E-state index is 0.677. The number of nitrogens with one attached hydrogen (secondary N) is 1. The quantitative estimate of drug-likeness (QED) is 0.900. The van der Waals surface area contributed by atoms with Crippen LogP contribution < -0.4 is 10.2 Å². The van der Waals surface area contributed by atoms with E-state index in [-0.39, 0.29) is 0 Å². The van der Waals surface area contributed by atoms with E-state index in [4.69, 9.17) is 0 Å². The van der Waals surface area contributed by atoms with Gasteiger partial charge in [0.25, 0.3) is 0 Å². The number of anilines is 2. The van der Waals surface area contributed by atoms with Crippen molar-refractivity contribution in [1.29, 1.82) is 0 Å². The van der Waals surface area contributed by atoms with Gasteiger partial charge in [-0.25, -0.2) is 0 Å². The molecule has 1 aromatic carbocycles. The lowest BCUT2D eigenvalue weighted by atomic mass is 10.0. The van der Waals surface area contributed by atoms with Gasteiger partial charge in [-0.1, -0.05) is 6.07 Å². The Morgan fingerprint density at radius 1 is 1.32 bits per heavy atom. The first kappa shape index (κ1) is 12.8. The van der Waals surface area contributed by atoms with Crippen LogP contribution in [-0.4, -0.2) is 44.7 Å². The van der Waals surface area contributed by atoms with E-state index in [1.54, 1.807) is 0 Å². The van der Waals surface area contributed by atoms with Crippen molar-refractivity contribution < 1.29 is 0 Å². The van der Waals surface area contributed by atoms with Crippen molar-refractivity contribution in [2.75, 3.05) is 43.9 Å². The maximum atomic E-state index is 3.54. The average molecular weight is 259 g/mol. The molecule has 0 spiro atoms. The Bertz CT molecular complexity index is 442. The third-order valence-corrected chi connectivity index (χ3v) is 4.32. The second-order valence-corrected chi connectivity index (χ2v) is 6.12. The molecule has 0 radical (unpaired) electrons. The van der Waals surface area contributed by atoms with Gasteiger partial charge in [0.05, 0.1) is 0 Å². The largest absolute Gasteiger partial charge is 0.385 e.